The summed E-state index contributed by atoms with van der Waals surface area (Å²) in [6.07, 6.45) is 3.86. The van der Waals surface area contributed by atoms with Gasteiger partial charge in [-0.05, 0) is 44.9 Å². The van der Waals surface area contributed by atoms with Crippen molar-refractivity contribution in [1.29, 1.82) is 0 Å². The summed E-state index contributed by atoms with van der Waals surface area (Å²) in [4.78, 5) is 0. The van der Waals surface area contributed by atoms with Crippen LogP contribution in [-0.4, -0.2) is 25.4 Å². The summed E-state index contributed by atoms with van der Waals surface area (Å²) in [6.45, 7) is 6.58. The van der Waals surface area contributed by atoms with Crippen LogP contribution in [0, 0.1) is 0 Å². The first kappa shape index (κ1) is 15.6. The maximum Gasteiger partial charge on any atom is 0.125 e. The van der Waals surface area contributed by atoms with E-state index in [2.05, 4.69) is 19.2 Å². The summed E-state index contributed by atoms with van der Waals surface area (Å²) < 4.78 is 11.7. The van der Waals surface area contributed by atoms with Crippen LogP contribution in [0.1, 0.15) is 38.7 Å². The van der Waals surface area contributed by atoms with Gasteiger partial charge in [-0.3, -0.25) is 0 Å². The van der Waals surface area contributed by atoms with E-state index < -0.39 is 0 Å². The number of hydrogen-bond donors (Lipinski definition) is 1. The van der Waals surface area contributed by atoms with Crippen molar-refractivity contribution in [1.82, 2.24) is 5.32 Å². The lowest BCUT2D eigenvalue weighted by Gasteiger charge is -2.16. The van der Waals surface area contributed by atoms with Gasteiger partial charge in [0.05, 0.1) is 12.2 Å². The second-order valence-electron chi connectivity index (χ2n) is 5.35. The van der Waals surface area contributed by atoms with Gasteiger partial charge in [0, 0.05) is 17.1 Å². The smallest absolute Gasteiger partial charge is 0.125 e. The van der Waals surface area contributed by atoms with E-state index in [0.29, 0.717) is 12.7 Å². The fraction of sp³-hybridized carbons (Fsp3) is 0.625. The minimum absolute atomic E-state index is 0.209. The quantitative estimate of drug-likeness (QED) is 0.777. The number of hydrogen-bond acceptors (Lipinski definition) is 3. The summed E-state index contributed by atoms with van der Waals surface area (Å²) in [7, 11) is 0. The predicted molar refractivity (Wildman–Crippen MR) is 82.5 cm³/mol. The lowest BCUT2D eigenvalue weighted by Crippen LogP contribution is -2.20. The molecule has 1 aromatic carbocycles. The third kappa shape index (κ3) is 4.37. The molecule has 2 rings (SSSR count). The van der Waals surface area contributed by atoms with Gasteiger partial charge in [0.15, 0.2) is 0 Å². The van der Waals surface area contributed by atoms with Crippen molar-refractivity contribution in [3.8, 4) is 5.75 Å². The van der Waals surface area contributed by atoms with Crippen molar-refractivity contribution < 1.29 is 9.47 Å². The van der Waals surface area contributed by atoms with Gasteiger partial charge < -0.3 is 14.8 Å². The van der Waals surface area contributed by atoms with Gasteiger partial charge in [0.25, 0.3) is 0 Å². The van der Waals surface area contributed by atoms with E-state index in [1.54, 1.807) is 0 Å². The fourth-order valence-corrected chi connectivity index (χ4v) is 2.66. The summed E-state index contributed by atoms with van der Waals surface area (Å²) in [6, 6.07) is 5.82. The number of rotatable bonds is 7. The van der Waals surface area contributed by atoms with Gasteiger partial charge in [-0.15, -0.1) is 0 Å². The van der Waals surface area contributed by atoms with Crippen LogP contribution in [0.5, 0.6) is 5.75 Å². The number of nitrogens with one attached hydrogen (secondary N) is 1. The van der Waals surface area contributed by atoms with Crippen LogP contribution in [0.15, 0.2) is 18.2 Å². The van der Waals surface area contributed by atoms with Crippen molar-refractivity contribution in [2.45, 2.75) is 51.9 Å². The Morgan fingerprint density at radius 1 is 1.40 bits per heavy atom. The molecule has 1 N–H and O–H groups in total. The highest BCUT2D eigenvalue weighted by Gasteiger charge is 2.22. The molecule has 0 aromatic heterocycles. The molecule has 0 amide bonds. The Bertz CT molecular complexity index is 425. The molecule has 0 radical (unpaired) electrons. The molecule has 1 aliphatic heterocycles. The first-order valence-corrected chi connectivity index (χ1v) is 7.85. The molecule has 0 spiro atoms. The average molecular weight is 298 g/mol. The van der Waals surface area contributed by atoms with Crippen LogP contribution in [0.4, 0.5) is 0 Å². The van der Waals surface area contributed by atoms with Crippen molar-refractivity contribution in [3.63, 3.8) is 0 Å². The molecule has 20 heavy (non-hydrogen) atoms. The van der Waals surface area contributed by atoms with Crippen LogP contribution < -0.4 is 10.1 Å². The number of ether oxygens (including phenoxy) is 2. The molecular formula is C16H24ClNO2. The molecule has 3 nitrogen and oxygen atoms in total. The fourth-order valence-electron chi connectivity index (χ4n) is 2.43. The number of benzene rings is 1. The molecule has 1 fully saturated rings. The Morgan fingerprint density at radius 3 is 2.95 bits per heavy atom. The average Bonchev–Trinajstić information content (AvgIpc) is 2.85. The minimum atomic E-state index is 0.209. The zero-order chi connectivity index (χ0) is 14.4. The molecule has 1 heterocycles. The second kappa shape index (κ2) is 7.87. The lowest BCUT2D eigenvalue weighted by atomic mass is 10.2. The molecule has 1 aliphatic rings. The zero-order valence-corrected chi connectivity index (χ0v) is 13.1. The van der Waals surface area contributed by atoms with E-state index in [0.717, 1.165) is 48.7 Å². The highest BCUT2D eigenvalue weighted by Crippen LogP contribution is 2.27. The van der Waals surface area contributed by atoms with Crippen LogP contribution in [0.25, 0.3) is 0 Å². The monoisotopic (exact) mass is 297 g/mol. The maximum atomic E-state index is 6.28. The van der Waals surface area contributed by atoms with E-state index in [9.17, 15) is 0 Å². The normalized spacial score (nSPS) is 22.1. The van der Waals surface area contributed by atoms with Gasteiger partial charge in [-0.2, -0.15) is 0 Å². The molecule has 1 saturated heterocycles. The highest BCUT2D eigenvalue weighted by molar-refractivity contribution is 6.31. The summed E-state index contributed by atoms with van der Waals surface area (Å²) in [5, 5.41) is 4.13. The summed E-state index contributed by atoms with van der Waals surface area (Å²) in [5.74, 6) is 0.865. The van der Waals surface area contributed by atoms with Crippen LogP contribution >= 0.6 is 11.6 Å². The Kier molecular flexibility index (Phi) is 6.14. The van der Waals surface area contributed by atoms with E-state index >= 15 is 0 Å². The predicted octanol–water partition coefficient (Wildman–Crippen LogP) is 3.79. The lowest BCUT2D eigenvalue weighted by molar-refractivity contribution is 0.0262. The standard InChI is InChI=1S/C16H24ClNO2/c1-3-9-18-10-14-15(17)5-4-6-16(14)19-11-13-8-7-12(2)20-13/h4-6,12-13,18H,3,7-11H2,1-2H3. The van der Waals surface area contributed by atoms with Gasteiger partial charge in [0.2, 0.25) is 0 Å². The Morgan fingerprint density at radius 2 is 2.25 bits per heavy atom. The van der Waals surface area contributed by atoms with Crippen molar-refractivity contribution in [2.75, 3.05) is 13.2 Å². The SMILES string of the molecule is CCCNCc1c(Cl)cccc1OCC1CCC(C)O1. The first-order chi connectivity index (χ1) is 9.70. The van der Waals surface area contributed by atoms with Gasteiger partial charge >= 0.3 is 0 Å². The van der Waals surface area contributed by atoms with Crippen molar-refractivity contribution in [3.05, 3.63) is 28.8 Å². The van der Waals surface area contributed by atoms with Gasteiger partial charge in [-0.1, -0.05) is 24.6 Å². The van der Waals surface area contributed by atoms with E-state index in [4.69, 9.17) is 21.1 Å². The summed E-state index contributed by atoms with van der Waals surface area (Å²) >= 11 is 6.28. The Labute approximate surface area is 126 Å². The van der Waals surface area contributed by atoms with E-state index in [-0.39, 0.29) is 6.10 Å². The largest absolute Gasteiger partial charge is 0.490 e. The third-order valence-electron chi connectivity index (χ3n) is 3.55. The van der Waals surface area contributed by atoms with Gasteiger partial charge in [0.1, 0.15) is 12.4 Å². The second-order valence-corrected chi connectivity index (χ2v) is 5.76. The van der Waals surface area contributed by atoms with E-state index in [1.165, 1.54) is 0 Å². The Hall–Kier alpha value is -0.770. The first-order valence-electron chi connectivity index (χ1n) is 7.47. The van der Waals surface area contributed by atoms with Crippen LogP contribution in [0.2, 0.25) is 5.02 Å². The molecule has 4 heteroatoms. The van der Waals surface area contributed by atoms with E-state index in [1.807, 2.05) is 18.2 Å². The topological polar surface area (TPSA) is 30.5 Å². The zero-order valence-electron chi connectivity index (χ0n) is 12.3. The maximum absolute atomic E-state index is 6.28. The van der Waals surface area contributed by atoms with Crippen molar-refractivity contribution in [2.24, 2.45) is 0 Å². The molecule has 112 valence electrons. The third-order valence-corrected chi connectivity index (χ3v) is 3.90. The molecule has 2 unspecified atom stereocenters. The molecule has 1 aromatic rings. The number of halogens is 1. The van der Waals surface area contributed by atoms with Crippen LogP contribution in [-0.2, 0) is 11.3 Å². The molecule has 0 saturated carbocycles. The molecule has 2 atom stereocenters. The minimum Gasteiger partial charge on any atom is -0.490 e. The highest BCUT2D eigenvalue weighted by atomic mass is 35.5. The van der Waals surface area contributed by atoms with Gasteiger partial charge in [-0.25, -0.2) is 0 Å². The molecule has 0 aliphatic carbocycles. The Balaban J connectivity index is 1.93. The summed E-state index contributed by atoms with van der Waals surface area (Å²) in [5.41, 5.74) is 1.04. The molecule has 0 bridgehead atoms. The molecular weight excluding hydrogens is 274 g/mol. The van der Waals surface area contributed by atoms with Crippen LogP contribution in [0.3, 0.4) is 0 Å². The van der Waals surface area contributed by atoms with Crippen molar-refractivity contribution >= 4 is 11.6 Å².